The van der Waals surface area contributed by atoms with Gasteiger partial charge in [0.1, 0.15) is 5.82 Å². The third-order valence-corrected chi connectivity index (χ3v) is 10.8. The Balaban J connectivity index is 1.21. The highest BCUT2D eigenvalue weighted by Crippen LogP contribution is 2.45. The lowest BCUT2D eigenvalue weighted by Gasteiger charge is -2.19. The van der Waals surface area contributed by atoms with Crippen molar-refractivity contribution in [1.29, 1.82) is 0 Å². The van der Waals surface area contributed by atoms with Crippen LogP contribution in [-0.2, 0) is 0 Å². The fourth-order valence-electron chi connectivity index (χ4n) is 8.15. The molecule has 1 heterocycles. The lowest BCUT2D eigenvalue weighted by molar-refractivity contribution is 1.11. The van der Waals surface area contributed by atoms with Gasteiger partial charge in [0.05, 0.1) is 22.0 Å². The molecule has 0 aliphatic heterocycles. The predicted octanol–water partition coefficient (Wildman–Crippen LogP) is 14.8. The van der Waals surface area contributed by atoms with Gasteiger partial charge in [-0.3, -0.25) is 4.57 Å². The van der Waals surface area contributed by atoms with Crippen LogP contribution >= 0.6 is 0 Å². The Kier molecular flexibility index (Phi) is 6.10. The Morgan fingerprint density at radius 3 is 1.47 bits per heavy atom. The molecule has 0 unspecified atom stereocenters. The van der Waals surface area contributed by atoms with E-state index in [-0.39, 0.29) is 51.3 Å². The van der Waals surface area contributed by atoms with Gasteiger partial charge in [0.2, 0.25) is 0 Å². The maximum absolute atomic E-state index is 9.57. The van der Waals surface area contributed by atoms with Crippen molar-refractivity contribution in [3.8, 4) is 61.6 Å². The maximum atomic E-state index is 9.57. The van der Waals surface area contributed by atoms with E-state index in [2.05, 4.69) is 41.0 Å². The fraction of sp³-hybridized carbons (Fsp3) is 0. The first-order valence-corrected chi connectivity index (χ1v) is 18.9. The van der Waals surface area contributed by atoms with E-state index in [0.29, 0.717) is 22.5 Å². The van der Waals surface area contributed by atoms with Crippen LogP contribution in [0.5, 0.6) is 0 Å². The molecule has 11 aromatic rings. The van der Waals surface area contributed by atoms with Crippen molar-refractivity contribution in [3.05, 3.63) is 218 Å². The third-order valence-electron chi connectivity index (χ3n) is 10.8. The van der Waals surface area contributed by atoms with Gasteiger partial charge in [-0.1, -0.05) is 176 Å². The minimum absolute atomic E-state index is 0.158. The minimum Gasteiger partial charge on any atom is -0.292 e. The molecule has 10 aromatic carbocycles. The van der Waals surface area contributed by atoms with Crippen LogP contribution in [0, 0.1) is 0 Å². The molecule has 0 atom stereocenters. The zero-order chi connectivity index (χ0) is 44.7. The summed E-state index contributed by atoms with van der Waals surface area (Å²) in [5.74, 6) is 0.689. The number of benzene rings is 10. The summed E-state index contributed by atoms with van der Waals surface area (Å²) in [5, 5.41) is 2.85. The van der Waals surface area contributed by atoms with Gasteiger partial charge < -0.3 is 0 Å². The standard InChI is InChI=1S/C55H36N2/c1-3-15-37(16-4-1)43-33-44(38-17-5-2-6-18-38)35-45(34-43)54-49-23-11-9-21-47(49)53(48-22-10-12-24-50(48)54)40-27-29-41(30-28-40)55-56-51-25-13-14-26-52(51)57(55)46-32-31-39-19-7-8-20-42(39)36-46/h1-36H/i9D,10D,11D,12D,21D,22D,23D,24D. The van der Waals surface area contributed by atoms with Crippen LogP contribution in [0.3, 0.4) is 0 Å². The molecule has 0 aliphatic carbocycles. The second kappa shape index (κ2) is 13.6. The van der Waals surface area contributed by atoms with Gasteiger partial charge in [0.25, 0.3) is 0 Å². The quantitative estimate of drug-likeness (QED) is 0.156. The molecule has 57 heavy (non-hydrogen) atoms. The molecule has 0 spiro atoms. The highest BCUT2D eigenvalue weighted by molar-refractivity contribution is 6.21. The zero-order valence-electron chi connectivity index (χ0n) is 38.6. The average Bonchev–Trinajstić information content (AvgIpc) is 3.75. The minimum atomic E-state index is -0.446. The highest BCUT2D eigenvalue weighted by atomic mass is 15.1. The second-order valence-electron chi connectivity index (χ2n) is 14.1. The molecular weight excluding hydrogens is 689 g/mol. The van der Waals surface area contributed by atoms with Crippen LogP contribution in [0.1, 0.15) is 11.0 Å². The first kappa shape index (κ1) is 25.5. The number of nitrogens with zero attached hydrogens (tertiary/aromatic N) is 2. The lowest BCUT2D eigenvalue weighted by Crippen LogP contribution is -1.98. The van der Waals surface area contributed by atoms with Crippen LogP contribution in [0.2, 0.25) is 0 Å². The summed E-state index contributed by atoms with van der Waals surface area (Å²) in [6.07, 6.45) is 0. The van der Waals surface area contributed by atoms with E-state index in [0.717, 1.165) is 55.3 Å². The summed E-state index contributed by atoms with van der Waals surface area (Å²) < 4.78 is 76.3. The Morgan fingerprint density at radius 1 is 0.368 bits per heavy atom. The van der Waals surface area contributed by atoms with Crippen molar-refractivity contribution in [2.75, 3.05) is 0 Å². The number of aromatic nitrogens is 2. The number of para-hydroxylation sites is 2. The number of hydrogen-bond acceptors (Lipinski definition) is 1. The Labute approximate surface area is 342 Å². The van der Waals surface area contributed by atoms with Crippen LogP contribution in [0.25, 0.3) is 105 Å². The summed E-state index contributed by atoms with van der Waals surface area (Å²) in [6, 6.07) is 52.5. The zero-order valence-corrected chi connectivity index (χ0v) is 30.6. The molecule has 0 aliphatic rings. The first-order valence-electron chi connectivity index (χ1n) is 22.9. The third kappa shape index (κ3) is 5.70. The van der Waals surface area contributed by atoms with Crippen molar-refractivity contribution < 1.29 is 11.0 Å². The SMILES string of the molecule is [2H]c1c([2H])c([2H])c2c(-c3cc(-c4ccccc4)cc(-c4ccccc4)c3)c3c([2H])c([2H])c([2H])c([2H])c3c(-c3ccc(-c4nc5ccccc5n4-c4ccc5ccccc5c4)cc3)c2c1[2H]. The summed E-state index contributed by atoms with van der Waals surface area (Å²) >= 11 is 0. The predicted molar refractivity (Wildman–Crippen MR) is 241 cm³/mol. The molecule has 0 N–H and O–H groups in total. The number of imidazole rings is 1. The van der Waals surface area contributed by atoms with E-state index < -0.39 is 24.2 Å². The Morgan fingerprint density at radius 2 is 0.860 bits per heavy atom. The van der Waals surface area contributed by atoms with Crippen molar-refractivity contribution in [2.24, 2.45) is 0 Å². The maximum Gasteiger partial charge on any atom is 0.145 e. The van der Waals surface area contributed by atoms with Gasteiger partial charge in [-0.25, -0.2) is 4.98 Å². The van der Waals surface area contributed by atoms with Crippen molar-refractivity contribution in [2.45, 2.75) is 0 Å². The largest absolute Gasteiger partial charge is 0.292 e. The van der Waals surface area contributed by atoms with E-state index in [1.54, 1.807) is 0 Å². The van der Waals surface area contributed by atoms with E-state index in [1.807, 2.05) is 133 Å². The molecule has 0 saturated carbocycles. The van der Waals surface area contributed by atoms with Gasteiger partial charge >= 0.3 is 0 Å². The molecule has 1 aromatic heterocycles. The average molecular weight is 733 g/mol. The molecule has 0 amide bonds. The molecule has 0 bridgehead atoms. The Hall–Kier alpha value is -7.55. The van der Waals surface area contributed by atoms with Crippen LogP contribution in [-0.4, -0.2) is 9.55 Å². The summed E-state index contributed by atoms with van der Waals surface area (Å²) in [4.78, 5) is 5.10. The molecular formula is C55H36N2. The number of hydrogen-bond donors (Lipinski definition) is 0. The van der Waals surface area contributed by atoms with Gasteiger partial charge in [-0.05, 0) is 119 Å². The van der Waals surface area contributed by atoms with E-state index in [4.69, 9.17) is 10.5 Å². The molecule has 266 valence electrons. The van der Waals surface area contributed by atoms with Crippen LogP contribution < -0.4 is 0 Å². The second-order valence-corrected chi connectivity index (χ2v) is 14.1. The summed E-state index contributed by atoms with van der Waals surface area (Å²) in [7, 11) is 0. The van der Waals surface area contributed by atoms with E-state index in [9.17, 15) is 5.48 Å². The van der Waals surface area contributed by atoms with Gasteiger partial charge in [-0.2, -0.15) is 0 Å². The normalized spacial score (nSPS) is 13.5. The van der Waals surface area contributed by atoms with Crippen LogP contribution in [0.4, 0.5) is 0 Å². The van der Waals surface area contributed by atoms with Gasteiger partial charge in [0, 0.05) is 11.3 Å². The van der Waals surface area contributed by atoms with E-state index >= 15 is 0 Å². The van der Waals surface area contributed by atoms with Gasteiger partial charge in [0.15, 0.2) is 0 Å². The number of fused-ring (bicyclic) bond motifs is 4. The lowest BCUT2D eigenvalue weighted by atomic mass is 9.84. The highest BCUT2D eigenvalue weighted by Gasteiger charge is 2.19. The van der Waals surface area contributed by atoms with Crippen molar-refractivity contribution in [1.82, 2.24) is 9.55 Å². The Bertz CT molecular complexity index is 3600. The molecule has 0 radical (unpaired) electrons. The van der Waals surface area contributed by atoms with Crippen molar-refractivity contribution in [3.63, 3.8) is 0 Å². The summed E-state index contributed by atoms with van der Waals surface area (Å²) in [6.45, 7) is 0. The van der Waals surface area contributed by atoms with Crippen molar-refractivity contribution >= 4 is 43.4 Å². The van der Waals surface area contributed by atoms with Crippen LogP contribution in [0.15, 0.2) is 218 Å². The molecule has 0 saturated heterocycles. The molecule has 0 fully saturated rings. The molecule has 11 rings (SSSR count). The summed E-state index contributed by atoms with van der Waals surface area (Å²) in [5.41, 5.74) is 8.58. The van der Waals surface area contributed by atoms with Gasteiger partial charge in [-0.15, -0.1) is 0 Å². The molecule has 2 nitrogen and oxygen atoms in total. The first-order chi connectivity index (χ1) is 31.6. The fourth-order valence-corrected chi connectivity index (χ4v) is 8.15. The topological polar surface area (TPSA) is 17.8 Å². The number of rotatable bonds is 6. The van der Waals surface area contributed by atoms with E-state index in [1.165, 1.54) is 0 Å². The smallest absolute Gasteiger partial charge is 0.145 e. The molecule has 2 heteroatoms. The monoisotopic (exact) mass is 732 g/mol.